The molecule has 1 aliphatic heterocycles. The standard InChI is InChI=1S/C20H25NO6S2/c1-3-27-16-8-10-17(11-9-16)29(24,25)20-14-28(22,23)13-18(20)21-12-15-6-4-5-7-19(15)26-2/h4-11,18,20-21H,3,12-14H2,1-2H3/t18-,20-/m0/s1. The molecule has 0 bridgehead atoms. The van der Waals surface area contributed by atoms with Crippen LogP contribution in [0.5, 0.6) is 11.5 Å². The zero-order chi connectivity index (χ0) is 21.1. The van der Waals surface area contributed by atoms with E-state index in [0.29, 0.717) is 24.7 Å². The van der Waals surface area contributed by atoms with Gasteiger partial charge in [-0.15, -0.1) is 0 Å². The maximum absolute atomic E-state index is 13.2. The summed E-state index contributed by atoms with van der Waals surface area (Å²) in [7, 11) is -5.76. The molecule has 3 rings (SSSR count). The maximum atomic E-state index is 13.2. The number of methoxy groups -OCH3 is 1. The average Bonchev–Trinajstić information content (AvgIpc) is 3.02. The van der Waals surface area contributed by atoms with Gasteiger partial charge in [-0.05, 0) is 37.3 Å². The van der Waals surface area contributed by atoms with Crippen molar-refractivity contribution in [2.24, 2.45) is 0 Å². The van der Waals surface area contributed by atoms with Crippen LogP contribution in [0.15, 0.2) is 53.4 Å². The Bertz CT molecular complexity index is 1050. The normalized spacial score (nSPS) is 21.0. The molecule has 1 fully saturated rings. The molecular formula is C20H25NO6S2. The van der Waals surface area contributed by atoms with Crippen LogP contribution >= 0.6 is 0 Å². The van der Waals surface area contributed by atoms with Crippen LogP contribution < -0.4 is 14.8 Å². The first-order chi connectivity index (χ1) is 13.8. The fourth-order valence-electron chi connectivity index (χ4n) is 3.47. The van der Waals surface area contributed by atoms with E-state index in [1.807, 2.05) is 25.1 Å². The quantitative estimate of drug-likeness (QED) is 0.670. The van der Waals surface area contributed by atoms with E-state index in [-0.39, 0.29) is 10.6 Å². The number of para-hydroxylation sites is 1. The number of hydrogen-bond acceptors (Lipinski definition) is 7. The van der Waals surface area contributed by atoms with Crippen LogP contribution in [0.4, 0.5) is 0 Å². The van der Waals surface area contributed by atoms with E-state index in [1.54, 1.807) is 25.3 Å². The largest absolute Gasteiger partial charge is 0.496 e. The number of nitrogens with one attached hydrogen (secondary N) is 1. The van der Waals surface area contributed by atoms with Gasteiger partial charge in [0, 0.05) is 18.2 Å². The summed E-state index contributed by atoms with van der Waals surface area (Å²) in [5.41, 5.74) is 0.830. The van der Waals surface area contributed by atoms with Crippen molar-refractivity contribution >= 4 is 19.7 Å². The molecule has 9 heteroatoms. The van der Waals surface area contributed by atoms with E-state index in [1.165, 1.54) is 12.1 Å². The van der Waals surface area contributed by atoms with Crippen LogP contribution in [0, 0.1) is 0 Å². The first-order valence-electron chi connectivity index (χ1n) is 9.29. The first-order valence-corrected chi connectivity index (χ1v) is 12.7. The second-order valence-electron chi connectivity index (χ2n) is 6.86. The lowest BCUT2D eigenvalue weighted by atomic mass is 10.1. The monoisotopic (exact) mass is 439 g/mol. The molecule has 1 N–H and O–H groups in total. The molecule has 1 heterocycles. The summed E-state index contributed by atoms with van der Waals surface area (Å²) < 4.78 is 61.5. The van der Waals surface area contributed by atoms with Crippen molar-refractivity contribution in [3.63, 3.8) is 0 Å². The molecule has 0 radical (unpaired) electrons. The minimum atomic E-state index is -3.84. The Morgan fingerprint density at radius 3 is 2.41 bits per heavy atom. The van der Waals surface area contributed by atoms with Crippen molar-refractivity contribution < 1.29 is 26.3 Å². The van der Waals surface area contributed by atoms with Gasteiger partial charge in [0.2, 0.25) is 0 Å². The minimum Gasteiger partial charge on any atom is -0.496 e. The predicted octanol–water partition coefficient (Wildman–Crippen LogP) is 1.82. The third kappa shape index (κ3) is 4.91. The molecule has 2 aromatic rings. The van der Waals surface area contributed by atoms with Crippen molar-refractivity contribution in [2.45, 2.75) is 29.7 Å². The highest BCUT2D eigenvalue weighted by molar-refractivity contribution is 7.96. The summed E-state index contributed by atoms with van der Waals surface area (Å²) >= 11 is 0. The van der Waals surface area contributed by atoms with Crippen LogP contribution in [-0.4, -0.2) is 53.3 Å². The van der Waals surface area contributed by atoms with Crippen LogP contribution in [0.3, 0.4) is 0 Å². The van der Waals surface area contributed by atoms with Gasteiger partial charge in [-0.25, -0.2) is 16.8 Å². The molecule has 0 aromatic heterocycles. The lowest BCUT2D eigenvalue weighted by Crippen LogP contribution is -2.43. The summed E-state index contributed by atoms with van der Waals surface area (Å²) in [5.74, 6) is 0.609. The maximum Gasteiger partial charge on any atom is 0.183 e. The van der Waals surface area contributed by atoms with E-state index in [4.69, 9.17) is 9.47 Å². The Labute approximate surface area is 171 Å². The summed E-state index contributed by atoms with van der Waals surface area (Å²) in [4.78, 5) is 0.0899. The second-order valence-corrected chi connectivity index (χ2v) is 11.2. The molecule has 1 aliphatic rings. The minimum absolute atomic E-state index is 0.0899. The third-order valence-corrected chi connectivity index (χ3v) is 9.08. The zero-order valence-electron chi connectivity index (χ0n) is 16.4. The van der Waals surface area contributed by atoms with Gasteiger partial charge >= 0.3 is 0 Å². The molecule has 0 aliphatic carbocycles. The van der Waals surface area contributed by atoms with Crippen LogP contribution in [0.2, 0.25) is 0 Å². The highest BCUT2D eigenvalue weighted by atomic mass is 32.2. The molecule has 1 saturated heterocycles. The summed E-state index contributed by atoms with van der Waals surface area (Å²) in [6, 6.07) is 12.7. The summed E-state index contributed by atoms with van der Waals surface area (Å²) in [5, 5.41) is 2.07. The molecule has 7 nitrogen and oxygen atoms in total. The fraction of sp³-hybridized carbons (Fsp3) is 0.400. The number of rotatable bonds is 8. The molecule has 0 saturated carbocycles. The highest BCUT2D eigenvalue weighted by Crippen LogP contribution is 2.28. The Hall–Kier alpha value is -2.10. The Morgan fingerprint density at radius 1 is 1.07 bits per heavy atom. The van der Waals surface area contributed by atoms with E-state index < -0.39 is 36.7 Å². The fourth-order valence-corrected chi connectivity index (χ4v) is 8.19. The Morgan fingerprint density at radius 2 is 1.76 bits per heavy atom. The number of hydrogen-bond donors (Lipinski definition) is 1. The smallest absolute Gasteiger partial charge is 0.183 e. The average molecular weight is 440 g/mol. The van der Waals surface area contributed by atoms with E-state index in [2.05, 4.69) is 5.32 Å². The van der Waals surface area contributed by atoms with Gasteiger partial charge in [-0.1, -0.05) is 18.2 Å². The van der Waals surface area contributed by atoms with Crippen molar-refractivity contribution in [2.75, 3.05) is 25.2 Å². The van der Waals surface area contributed by atoms with Gasteiger partial charge < -0.3 is 14.8 Å². The molecule has 29 heavy (non-hydrogen) atoms. The molecule has 158 valence electrons. The molecule has 0 amide bonds. The van der Waals surface area contributed by atoms with E-state index in [0.717, 1.165) is 5.56 Å². The Balaban J connectivity index is 1.83. The van der Waals surface area contributed by atoms with Gasteiger partial charge in [0.05, 0.1) is 35.4 Å². The number of sulfone groups is 2. The van der Waals surface area contributed by atoms with Crippen molar-refractivity contribution in [1.29, 1.82) is 0 Å². The van der Waals surface area contributed by atoms with Crippen molar-refractivity contribution in [3.05, 3.63) is 54.1 Å². The van der Waals surface area contributed by atoms with Crippen LogP contribution in [0.1, 0.15) is 12.5 Å². The van der Waals surface area contributed by atoms with Gasteiger partial charge in [0.1, 0.15) is 11.5 Å². The lowest BCUT2D eigenvalue weighted by Gasteiger charge is -2.21. The molecule has 2 atom stereocenters. The third-order valence-electron chi connectivity index (χ3n) is 4.91. The summed E-state index contributed by atoms with van der Waals surface area (Å²) in [6.45, 7) is 2.62. The van der Waals surface area contributed by atoms with Crippen LogP contribution in [-0.2, 0) is 26.2 Å². The Kier molecular flexibility index (Phi) is 6.50. The second kappa shape index (κ2) is 8.73. The van der Waals surface area contributed by atoms with Gasteiger partial charge in [-0.2, -0.15) is 0 Å². The summed E-state index contributed by atoms with van der Waals surface area (Å²) in [6.07, 6.45) is 0. The van der Waals surface area contributed by atoms with Gasteiger partial charge in [0.25, 0.3) is 0 Å². The molecular weight excluding hydrogens is 414 g/mol. The number of ether oxygens (including phenoxy) is 2. The predicted molar refractivity (Wildman–Crippen MR) is 111 cm³/mol. The topological polar surface area (TPSA) is 98.8 Å². The van der Waals surface area contributed by atoms with Crippen molar-refractivity contribution in [1.82, 2.24) is 5.32 Å². The molecule has 0 unspecified atom stereocenters. The van der Waals surface area contributed by atoms with Gasteiger partial charge in [-0.3, -0.25) is 0 Å². The highest BCUT2D eigenvalue weighted by Gasteiger charge is 2.45. The van der Waals surface area contributed by atoms with E-state index in [9.17, 15) is 16.8 Å². The molecule has 0 spiro atoms. The SMILES string of the molecule is CCOc1ccc(S(=O)(=O)[C@H]2CS(=O)(=O)C[C@@H]2NCc2ccccc2OC)cc1. The van der Waals surface area contributed by atoms with Crippen LogP contribution in [0.25, 0.3) is 0 Å². The van der Waals surface area contributed by atoms with Gasteiger partial charge in [0.15, 0.2) is 19.7 Å². The zero-order valence-corrected chi connectivity index (χ0v) is 18.0. The first kappa shape index (κ1) is 21.6. The number of benzene rings is 2. The lowest BCUT2D eigenvalue weighted by molar-refractivity contribution is 0.340. The van der Waals surface area contributed by atoms with Crippen molar-refractivity contribution in [3.8, 4) is 11.5 Å². The van der Waals surface area contributed by atoms with E-state index >= 15 is 0 Å². The molecule has 2 aromatic carbocycles.